The Morgan fingerprint density at radius 3 is 2.43 bits per heavy atom. The van der Waals surface area contributed by atoms with Crippen LogP contribution in [0.1, 0.15) is 5.69 Å². The topological polar surface area (TPSA) is 22.1 Å². The van der Waals surface area contributed by atoms with E-state index in [0.717, 1.165) is 16.5 Å². The number of aryl methyl sites for hydroxylation is 1. The SMILES string of the molecule is COc1ccc2c(SC)nc(C)c(-c3ccccc3)c2c1. The van der Waals surface area contributed by atoms with E-state index in [1.54, 1.807) is 18.9 Å². The van der Waals surface area contributed by atoms with Crippen LogP contribution in [-0.4, -0.2) is 18.3 Å². The predicted octanol–water partition coefficient (Wildman–Crippen LogP) is 4.94. The van der Waals surface area contributed by atoms with E-state index in [2.05, 4.69) is 49.6 Å². The monoisotopic (exact) mass is 295 g/mol. The van der Waals surface area contributed by atoms with Gasteiger partial charge in [0.15, 0.2) is 0 Å². The quantitative estimate of drug-likeness (QED) is 0.639. The molecule has 0 atom stereocenters. The molecule has 0 aliphatic heterocycles. The van der Waals surface area contributed by atoms with Gasteiger partial charge < -0.3 is 4.74 Å². The largest absolute Gasteiger partial charge is 0.497 e. The average Bonchev–Trinajstić information content (AvgIpc) is 2.54. The van der Waals surface area contributed by atoms with Gasteiger partial charge in [0, 0.05) is 16.6 Å². The lowest BCUT2D eigenvalue weighted by Crippen LogP contribution is -1.94. The number of thioether (sulfide) groups is 1. The Kier molecular flexibility index (Phi) is 3.84. The fraction of sp³-hybridized carbons (Fsp3) is 0.167. The molecule has 3 rings (SSSR count). The maximum absolute atomic E-state index is 5.40. The van der Waals surface area contributed by atoms with Gasteiger partial charge in [-0.1, -0.05) is 30.3 Å². The summed E-state index contributed by atoms with van der Waals surface area (Å²) in [6, 6.07) is 16.6. The third-order valence-corrected chi connectivity index (χ3v) is 4.31. The van der Waals surface area contributed by atoms with Crippen molar-refractivity contribution in [2.24, 2.45) is 0 Å². The van der Waals surface area contributed by atoms with Crippen LogP contribution < -0.4 is 4.74 Å². The van der Waals surface area contributed by atoms with Gasteiger partial charge >= 0.3 is 0 Å². The predicted molar refractivity (Wildman–Crippen MR) is 90.2 cm³/mol. The van der Waals surface area contributed by atoms with Crippen molar-refractivity contribution in [3.8, 4) is 16.9 Å². The number of nitrogens with zero attached hydrogens (tertiary/aromatic N) is 1. The number of fused-ring (bicyclic) bond motifs is 1. The Balaban J connectivity index is 2.40. The van der Waals surface area contributed by atoms with Gasteiger partial charge in [-0.05, 0) is 42.3 Å². The smallest absolute Gasteiger partial charge is 0.119 e. The van der Waals surface area contributed by atoms with Crippen molar-refractivity contribution in [2.75, 3.05) is 13.4 Å². The molecule has 3 heteroatoms. The maximum atomic E-state index is 5.40. The molecule has 2 nitrogen and oxygen atoms in total. The summed E-state index contributed by atoms with van der Waals surface area (Å²) in [5, 5.41) is 3.43. The second-order valence-electron chi connectivity index (χ2n) is 4.86. The first-order valence-electron chi connectivity index (χ1n) is 6.82. The van der Waals surface area contributed by atoms with Crippen molar-refractivity contribution in [1.29, 1.82) is 0 Å². The fourth-order valence-electron chi connectivity index (χ4n) is 2.63. The van der Waals surface area contributed by atoms with E-state index in [0.29, 0.717) is 0 Å². The van der Waals surface area contributed by atoms with E-state index >= 15 is 0 Å². The molecule has 0 fully saturated rings. The Bertz CT molecular complexity index is 784. The van der Waals surface area contributed by atoms with Crippen molar-refractivity contribution in [1.82, 2.24) is 4.98 Å². The summed E-state index contributed by atoms with van der Waals surface area (Å²) in [6.45, 7) is 2.07. The first kappa shape index (κ1) is 14.0. The number of methoxy groups -OCH3 is 1. The molecule has 2 aromatic carbocycles. The molecule has 3 aromatic rings. The molecule has 1 heterocycles. The summed E-state index contributed by atoms with van der Waals surface area (Å²) >= 11 is 1.68. The molecule has 0 bridgehead atoms. The standard InChI is InChI=1S/C18H17NOS/c1-12-17(13-7-5-4-6-8-13)16-11-14(20-2)9-10-15(16)18(19-12)21-3/h4-11H,1-3H3. The van der Waals surface area contributed by atoms with Gasteiger partial charge in [0.25, 0.3) is 0 Å². The summed E-state index contributed by atoms with van der Waals surface area (Å²) in [6.07, 6.45) is 2.06. The molecule has 0 aliphatic rings. The van der Waals surface area contributed by atoms with Crippen molar-refractivity contribution < 1.29 is 4.74 Å². The minimum absolute atomic E-state index is 0.873. The molecule has 0 spiro atoms. The molecule has 0 N–H and O–H groups in total. The number of aromatic nitrogens is 1. The molecule has 0 radical (unpaired) electrons. The van der Waals surface area contributed by atoms with Crippen LogP contribution in [0.25, 0.3) is 21.9 Å². The van der Waals surface area contributed by atoms with Crippen molar-refractivity contribution in [3.05, 3.63) is 54.2 Å². The molecule has 0 saturated carbocycles. The summed E-state index contributed by atoms with van der Waals surface area (Å²) in [5.74, 6) is 0.873. The van der Waals surface area contributed by atoms with E-state index in [1.807, 2.05) is 12.1 Å². The molecule has 0 aliphatic carbocycles. The summed E-state index contributed by atoms with van der Waals surface area (Å²) < 4.78 is 5.40. The molecule has 21 heavy (non-hydrogen) atoms. The first-order chi connectivity index (χ1) is 10.2. The van der Waals surface area contributed by atoms with Crippen molar-refractivity contribution >= 4 is 22.5 Å². The van der Waals surface area contributed by atoms with Crippen LogP contribution in [0.5, 0.6) is 5.75 Å². The summed E-state index contributed by atoms with van der Waals surface area (Å²) in [7, 11) is 1.70. The number of pyridine rings is 1. The number of hydrogen-bond acceptors (Lipinski definition) is 3. The average molecular weight is 295 g/mol. The van der Waals surface area contributed by atoms with Crippen LogP contribution in [0.4, 0.5) is 0 Å². The number of ether oxygens (including phenoxy) is 1. The van der Waals surface area contributed by atoms with Crippen LogP contribution in [-0.2, 0) is 0 Å². The van der Waals surface area contributed by atoms with Crippen LogP contribution in [0.15, 0.2) is 53.6 Å². The lowest BCUT2D eigenvalue weighted by atomic mass is 9.98. The number of rotatable bonds is 3. The van der Waals surface area contributed by atoms with E-state index in [-0.39, 0.29) is 0 Å². The van der Waals surface area contributed by atoms with Gasteiger partial charge in [-0.15, -0.1) is 11.8 Å². The summed E-state index contributed by atoms with van der Waals surface area (Å²) in [4.78, 5) is 4.77. The van der Waals surface area contributed by atoms with Crippen LogP contribution in [0.2, 0.25) is 0 Å². The second-order valence-corrected chi connectivity index (χ2v) is 5.65. The van der Waals surface area contributed by atoms with E-state index in [4.69, 9.17) is 9.72 Å². The normalized spacial score (nSPS) is 10.8. The maximum Gasteiger partial charge on any atom is 0.119 e. The van der Waals surface area contributed by atoms with Gasteiger partial charge in [0.1, 0.15) is 10.8 Å². The van der Waals surface area contributed by atoms with E-state index in [9.17, 15) is 0 Å². The number of hydrogen-bond donors (Lipinski definition) is 0. The van der Waals surface area contributed by atoms with Gasteiger partial charge in [0.05, 0.1) is 7.11 Å². The highest BCUT2D eigenvalue weighted by Gasteiger charge is 2.13. The molecule has 0 saturated heterocycles. The molecule has 1 aromatic heterocycles. The van der Waals surface area contributed by atoms with E-state index < -0.39 is 0 Å². The van der Waals surface area contributed by atoms with Gasteiger partial charge in [-0.3, -0.25) is 0 Å². The zero-order valence-corrected chi connectivity index (χ0v) is 13.2. The lowest BCUT2D eigenvalue weighted by Gasteiger charge is -2.14. The third-order valence-electron chi connectivity index (χ3n) is 3.61. The molecular weight excluding hydrogens is 278 g/mol. The summed E-state index contributed by atoms with van der Waals surface area (Å²) in [5.41, 5.74) is 3.42. The zero-order valence-electron chi connectivity index (χ0n) is 12.4. The Morgan fingerprint density at radius 1 is 1.00 bits per heavy atom. The number of benzene rings is 2. The highest BCUT2D eigenvalue weighted by atomic mass is 32.2. The van der Waals surface area contributed by atoms with Crippen LogP contribution in [0.3, 0.4) is 0 Å². The minimum Gasteiger partial charge on any atom is -0.497 e. The molecule has 106 valence electrons. The molecule has 0 unspecified atom stereocenters. The zero-order chi connectivity index (χ0) is 14.8. The molecule has 0 amide bonds. The van der Waals surface area contributed by atoms with Crippen LogP contribution in [0, 0.1) is 6.92 Å². The van der Waals surface area contributed by atoms with Gasteiger partial charge in [-0.2, -0.15) is 0 Å². The third kappa shape index (κ3) is 2.49. The first-order valence-corrected chi connectivity index (χ1v) is 8.05. The van der Waals surface area contributed by atoms with Gasteiger partial charge in [0.2, 0.25) is 0 Å². The van der Waals surface area contributed by atoms with Crippen molar-refractivity contribution in [3.63, 3.8) is 0 Å². The van der Waals surface area contributed by atoms with Crippen LogP contribution >= 0.6 is 11.8 Å². The highest BCUT2D eigenvalue weighted by Crippen LogP contribution is 2.36. The minimum atomic E-state index is 0.873. The van der Waals surface area contributed by atoms with Crippen molar-refractivity contribution in [2.45, 2.75) is 11.9 Å². The second kappa shape index (κ2) is 5.78. The highest BCUT2D eigenvalue weighted by molar-refractivity contribution is 7.98. The lowest BCUT2D eigenvalue weighted by molar-refractivity contribution is 0.415. The van der Waals surface area contributed by atoms with Gasteiger partial charge in [-0.25, -0.2) is 4.98 Å². The Morgan fingerprint density at radius 2 is 1.76 bits per heavy atom. The molecular formula is C18H17NOS. The fourth-order valence-corrected chi connectivity index (χ4v) is 3.26. The van der Waals surface area contributed by atoms with E-state index in [1.165, 1.54) is 21.9 Å². The Hall–Kier alpha value is -2.00. The Labute approximate surface area is 129 Å².